The number of carboxylic acid groups (broad SMARTS) is 1. The van der Waals surface area contributed by atoms with Crippen LogP contribution in [0.5, 0.6) is 11.5 Å². The van der Waals surface area contributed by atoms with E-state index in [0.29, 0.717) is 17.2 Å². The summed E-state index contributed by atoms with van der Waals surface area (Å²) in [5.41, 5.74) is 3.82. The van der Waals surface area contributed by atoms with E-state index in [4.69, 9.17) is 14.6 Å². The van der Waals surface area contributed by atoms with Crippen LogP contribution >= 0.6 is 0 Å². The number of carbonyl (C=O) groups excluding carboxylic acids is 1. The summed E-state index contributed by atoms with van der Waals surface area (Å²) in [6.45, 7) is 4.03. The fourth-order valence-corrected chi connectivity index (χ4v) is 3.55. The van der Waals surface area contributed by atoms with Crippen LogP contribution in [0.4, 0.5) is 5.69 Å². The summed E-state index contributed by atoms with van der Waals surface area (Å²) in [4.78, 5) is 23.6. The smallest absolute Gasteiger partial charge is 0.335 e. The second kappa shape index (κ2) is 8.32. The molecule has 1 aromatic heterocycles. The van der Waals surface area contributed by atoms with Crippen molar-refractivity contribution in [3.63, 3.8) is 0 Å². The van der Waals surface area contributed by atoms with E-state index >= 15 is 0 Å². The van der Waals surface area contributed by atoms with Crippen LogP contribution in [-0.2, 0) is 4.79 Å². The van der Waals surface area contributed by atoms with Gasteiger partial charge in [-0.25, -0.2) is 4.79 Å². The highest BCUT2D eigenvalue weighted by molar-refractivity contribution is 6.09. The SMILES string of the molecule is Cc1cc(/C=C(\C#N)C(=O)Nc2ccc(C(=O)O)cc2)c(C)n1-c1ccc2c(c1)OCO2. The summed E-state index contributed by atoms with van der Waals surface area (Å²) in [6, 6.07) is 15.2. The van der Waals surface area contributed by atoms with Gasteiger partial charge in [0.15, 0.2) is 11.5 Å². The summed E-state index contributed by atoms with van der Waals surface area (Å²) in [7, 11) is 0. The molecule has 8 nitrogen and oxygen atoms in total. The molecule has 4 rings (SSSR count). The summed E-state index contributed by atoms with van der Waals surface area (Å²) in [5.74, 6) is -0.281. The average molecular weight is 429 g/mol. The minimum absolute atomic E-state index is 0.0711. The predicted molar refractivity (Wildman–Crippen MR) is 117 cm³/mol. The van der Waals surface area contributed by atoms with Crippen LogP contribution in [0.2, 0.25) is 0 Å². The molecule has 1 amide bonds. The maximum atomic E-state index is 12.6. The Bertz CT molecular complexity index is 1300. The Hall–Kier alpha value is -4.51. The monoisotopic (exact) mass is 429 g/mol. The van der Waals surface area contributed by atoms with Crippen molar-refractivity contribution in [2.75, 3.05) is 12.1 Å². The number of hydrogen-bond acceptors (Lipinski definition) is 5. The first-order valence-electron chi connectivity index (χ1n) is 9.73. The molecule has 0 spiro atoms. The van der Waals surface area contributed by atoms with E-state index in [-0.39, 0.29) is 17.9 Å². The zero-order chi connectivity index (χ0) is 22.8. The van der Waals surface area contributed by atoms with Gasteiger partial charge in [0.2, 0.25) is 6.79 Å². The number of aryl methyl sites for hydroxylation is 1. The lowest BCUT2D eigenvalue weighted by atomic mass is 10.1. The first-order chi connectivity index (χ1) is 15.4. The molecule has 0 fully saturated rings. The number of anilines is 1. The Morgan fingerprint density at radius 2 is 1.81 bits per heavy atom. The van der Waals surface area contributed by atoms with Crippen LogP contribution in [0.3, 0.4) is 0 Å². The van der Waals surface area contributed by atoms with Crippen LogP contribution in [0.15, 0.2) is 54.1 Å². The number of nitriles is 1. The van der Waals surface area contributed by atoms with Gasteiger partial charge in [0.05, 0.1) is 5.56 Å². The molecule has 160 valence electrons. The molecule has 1 aliphatic heterocycles. The molecule has 0 unspecified atom stereocenters. The van der Waals surface area contributed by atoms with Crippen molar-refractivity contribution in [3.05, 3.63) is 76.6 Å². The van der Waals surface area contributed by atoms with Crippen LogP contribution < -0.4 is 14.8 Å². The normalized spacial score (nSPS) is 12.3. The van der Waals surface area contributed by atoms with Crippen molar-refractivity contribution < 1.29 is 24.2 Å². The zero-order valence-electron chi connectivity index (χ0n) is 17.4. The van der Waals surface area contributed by atoms with Crippen LogP contribution in [0, 0.1) is 25.2 Å². The van der Waals surface area contributed by atoms with Crippen molar-refractivity contribution in [1.82, 2.24) is 4.57 Å². The van der Waals surface area contributed by atoms with Crippen LogP contribution in [-0.4, -0.2) is 28.3 Å². The molecule has 2 heterocycles. The molecule has 3 aromatic rings. The summed E-state index contributed by atoms with van der Waals surface area (Å²) in [5, 5.41) is 21.1. The molecule has 8 heteroatoms. The number of carboxylic acids is 1. The molecule has 0 aliphatic carbocycles. The number of rotatable bonds is 5. The Kier molecular flexibility index (Phi) is 5.39. The number of aromatic carboxylic acids is 1. The maximum Gasteiger partial charge on any atom is 0.335 e. The third kappa shape index (κ3) is 3.91. The lowest BCUT2D eigenvalue weighted by molar-refractivity contribution is -0.112. The van der Waals surface area contributed by atoms with E-state index in [9.17, 15) is 14.9 Å². The molecule has 1 aliphatic rings. The van der Waals surface area contributed by atoms with E-state index in [1.165, 1.54) is 30.3 Å². The number of nitrogens with zero attached hydrogens (tertiary/aromatic N) is 2. The third-order valence-electron chi connectivity index (χ3n) is 5.14. The van der Waals surface area contributed by atoms with Gasteiger partial charge in [0.1, 0.15) is 11.6 Å². The molecule has 0 atom stereocenters. The van der Waals surface area contributed by atoms with E-state index in [1.807, 2.05) is 48.7 Å². The lowest BCUT2D eigenvalue weighted by Gasteiger charge is -2.10. The fourth-order valence-electron chi connectivity index (χ4n) is 3.55. The standard InChI is InChI=1S/C24H19N3O5/c1-14-9-17(15(2)27(14)20-7-8-21-22(11-20)32-13-31-21)10-18(12-25)23(28)26-19-5-3-16(4-6-19)24(29)30/h3-11H,13H2,1-2H3,(H,26,28)(H,29,30)/b18-10+. The number of hydrogen-bond donors (Lipinski definition) is 2. The highest BCUT2D eigenvalue weighted by atomic mass is 16.7. The average Bonchev–Trinajstić information content (AvgIpc) is 3.35. The highest BCUT2D eigenvalue weighted by Gasteiger charge is 2.17. The zero-order valence-corrected chi connectivity index (χ0v) is 17.4. The Labute approximate surface area is 183 Å². The minimum atomic E-state index is -1.06. The summed E-state index contributed by atoms with van der Waals surface area (Å²) in [6.07, 6.45) is 1.53. The quantitative estimate of drug-likeness (QED) is 0.467. The summed E-state index contributed by atoms with van der Waals surface area (Å²) < 4.78 is 12.8. The van der Waals surface area contributed by atoms with E-state index in [0.717, 1.165) is 22.6 Å². The molecule has 2 aromatic carbocycles. The van der Waals surface area contributed by atoms with Crippen molar-refractivity contribution >= 4 is 23.6 Å². The maximum absolute atomic E-state index is 12.6. The van der Waals surface area contributed by atoms with E-state index in [2.05, 4.69) is 5.32 Å². The van der Waals surface area contributed by atoms with Crippen molar-refractivity contribution in [3.8, 4) is 23.3 Å². The summed E-state index contributed by atoms with van der Waals surface area (Å²) >= 11 is 0. The number of aromatic nitrogens is 1. The largest absolute Gasteiger partial charge is 0.478 e. The van der Waals surface area contributed by atoms with Gasteiger partial charge in [-0.2, -0.15) is 5.26 Å². The van der Waals surface area contributed by atoms with Gasteiger partial charge >= 0.3 is 5.97 Å². The van der Waals surface area contributed by atoms with E-state index in [1.54, 1.807) is 0 Å². The first-order valence-corrected chi connectivity index (χ1v) is 9.73. The second-order valence-electron chi connectivity index (χ2n) is 7.21. The topological polar surface area (TPSA) is 114 Å². The Balaban J connectivity index is 1.60. The van der Waals surface area contributed by atoms with Crippen LogP contribution in [0.1, 0.15) is 27.3 Å². The minimum Gasteiger partial charge on any atom is -0.478 e. The fraction of sp³-hybridized carbons (Fsp3) is 0.125. The molecular formula is C24H19N3O5. The van der Waals surface area contributed by atoms with Crippen molar-refractivity contribution in [2.45, 2.75) is 13.8 Å². The predicted octanol–water partition coefficient (Wildman–Crippen LogP) is 4.07. The van der Waals surface area contributed by atoms with Gasteiger partial charge in [-0.1, -0.05) is 0 Å². The molecular weight excluding hydrogens is 410 g/mol. The molecule has 0 radical (unpaired) electrons. The highest BCUT2D eigenvalue weighted by Crippen LogP contribution is 2.35. The van der Waals surface area contributed by atoms with Gasteiger partial charge in [0, 0.05) is 28.8 Å². The molecule has 32 heavy (non-hydrogen) atoms. The van der Waals surface area contributed by atoms with Crippen molar-refractivity contribution in [1.29, 1.82) is 5.26 Å². The number of fused-ring (bicyclic) bond motifs is 1. The second-order valence-corrected chi connectivity index (χ2v) is 7.21. The van der Waals surface area contributed by atoms with Gasteiger partial charge < -0.3 is 24.5 Å². The van der Waals surface area contributed by atoms with E-state index < -0.39 is 11.9 Å². The van der Waals surface area contributed by atoms with Crippen LogP contribution in [0.25, 0.3) is 11.8 Å². The number of nitrogens with one attached hydrogen (secondary N) is 1. The van der Waals surface area contributed by atoms with Gasteiger partial charge in [0.25, 0.3) is 5.91 Å². The molecule has 0 bridgehead atoms. The number of benzene rings is 2. The lowest BCUT2D eigenvalue weighted by Crippen LogP contribution is -2.13. The van der Waals surface area contributed by atoms with Crippen molar-refractivity contribution in [2.24, 2.45) is 0 Å². The molecule has 2 N–H and O–H groups in total. The number of amides is 1. The number of ether oxygens (including phenoxy) is 2. The van der Waals surface area contributed by atoms with Gasteiger partial charge in [-0.3, -0.25) is 4.79 Å². The number of carbonyl (C=O) groups is 2. The third-order valence-corrected chi connectivity index (χ3v) is 5.14. The Morgan fingerprint density at radius 1 is 1.09 bits per heavy atom. The first kappa shape index (κ1) is 20.8. The van der Waals surface area contributed by atoms with Gasteiger partial charge in [-0.05, 0) is 68.0 Å². The molecule has 0 saturated heterocycles. The Morgan fingerprint density at radius 3 is 2.50 bits per heavy atom. The molecule has 0 saturated carbocycles. The van der Waals surface area contributed by atoms with Gasteiger partial charge in [-0.15, -0.1) is 0 Å².